The van der Waals surface area contributed by atoms with Gasteiger partial charge in [0, 0.05) is 25.2 Å². The fraction of sp³-hybridized carbons (Fsp3) is 0.455. The molecular weight excluding hydrogens is 247 g/mol. The standard InChI is InChI=1S/C11H14Cl2N2O/c1-15(8-5-14-6-8)10-4-7(12)3-9(13)11(10)16-2/h3-4,8,14H,5-6H2,1-2H3. The lowest BCUT2D eigenvalue weighted by Gasteiger charge is -2.37. The van der Waals surface area contributed by atoms with E-state index in [1.54, 1.807) is 13.2 Å². The molecule has 0 amide bonds. The van der Waals surface area contributed by atoms with Crippen molar-refractivity contribution in [1.82, 2.24) is 5.32 Å². The number of nitrogens with one attached hydrogen (secondary N) is 1. The first-order valence-corrected chi connectivity index (χ1v) is 5.85. The van der Waals surface area contributed by atoms with Gasteiger partial charge in [0.2, 0.25) is 0 Å². The van der Waals surface area contributed by atoms with Crippen molar-refractivity contribution in [1.29, 1.82) is 0 Å². The minimum Gasteiger partial charge on any atom is -0.493 e. The van der Waals surface area contributed by atoms with Crippen LogP contribution in [0.3, 0.4) is 0 Å². The van der Waals surface area contributed by atoms with Crippen LogP contribution in [0.1, 0.15) is 0 Å². The van der Waals surface area contributed by atoms with Gasteiger partial charge in [-0.05, 0) is 12.1 Å². The maximum Gasteiger partial charge on any atom is 0.160 e. The lowest BCUT2D eigenvalue weighted by molar-refractivity contribution is 0.400. The van der Waals surface area contributed by atoms with E-state index in [1.807, 2.05) is 13.1 Å². The van der Waals surface area contributed by atoms with E-state index in [9.17, 15) is 0 Å². The normalized spacial score (nSPS) is 15.8. The van der Waals surface area contributed by atoms with Gasteiger partial charge in [-0.25, -0.2) is 0 Å². The first kappa shape index (κ1) is 11.8. The number of hydrogen-bond acceptors (Lipinski definition) is 3. The van der Waals surface area contributed by atoms with Gasteiger partial charge in [0.1, 0.15) is 0 Å². The van der Waals surface area contributed by atoms with Gasteiger partial charge >= 0.3 is 0 Å². The Bertz CT molecular complexity index is 394. The van der Waals surface area contributed by atoms with E-state index >= 15 is 0 Å². The second kappa shape index (κ2) is 4.70. The topological polar surface area (TPSA) is 24.5 Å². The average molecular weight is 261 g/mol. The van der Waals surface area contributed by atoms with Crippen molar-refractivity contribution in [3.05, 3.63) is 22.2 Å². The molecule has 1 fully saturated rings. The lowest BCUT2D eigenvalue weighted by atomic mass is 10.1. The Labute approximate surface area is 105 Å². The van der Waals surface area contributed by atoms with Crippen molar-refractivity contribution in [3.63, 3.8) is 0 Å². The second-order valence-electron chi connectivity index (χ2n) is 3.86. The molecule has 0 spiro atoms. The van der Waals surface area contributed by atoms with Gasteiger partial charge in [-0.3, -0.25) is 0 Å². The van der Waals surface area contributed by atoms with E-state index in [2.05, 4.69) is 10.2 Å². The van der Waals surface area contributed by atoms with Crippen LogP contribution in [-0.2, 0) is 0 Å². The van der Waals surface area contributed by atoms with Crippen molar-refractivity contribution < 1.29 is 4.74 Å². The SMILES string of the molecule is COc1c(Cl)cc(Cl)cc1N(C)C1CNC1. The van der Waals surface area contributed by atoms with E-state index in [4.69, 9.17) is 27.9 Å². The van der Waals surface area contributed by atoms with Gasteiger partial charge in [0.25, 0.3) is 0 Å². The molecule has 1 heterocycles. The maximum atomic E-state index is 6.09. The van der Waals surface area contributed by atoms with Crippen molar-refractivity contribution in [2.45, 2.75) is 6.04 Å². The molecule has 1 aliphatic heterocycles. The van der Waals surface area contributed by atoms with Crippen LogP contribution in [0.25, 0.3) is 0 Å². The Balaban J connectivity index is 2.36. The monoisotopic (exact) mass is 260 g/mol. The molecule has 3 nitrogen and oxygen atoms in total. The van der Waals surface area contributed by atoms with Crippen LogP contribution in [0.4, 0.5) is 5.69 Å². The Kier molecular flexibility index (Phi) is 3.47. The summed E-state index contributed by atoms with van der Waals surface area (Å²) in [5, 5.41) is 4.40. The summed E-state index contributed by atoms with van der Waals surface area (Å²) in [5.74, 6) is 0.681. The van der Waals surface area contributed by atoms with Crippen LogP contribution >= 0.6 is 23.2 Å². The summed E-state index contributed by atoms with van der Waals surface area (Å²) in [6.07, 6.45) is 0. The molecule has 0 unspecified atom stereocenters. The fourth-order valence-electron chi connectivity index (χ4n) is 1.75. The third-order valence-corrected chi connectivity index (χ3v) is 3.38. The van der Waals surface area contributed by atoms with Gasteiger partial charge < -0.3 is 15.0 Å². The molecule has 0 aliphatic carbocycles. The molecule has 0 radical (unpaired) electrons. The number of nitrogens with zero attached hydrogens (tertiary/aromatic N) is 1. The molecule has 0 saturated carbocycles. The Morgan fingerprint density at radius 1 is 1.38 bits per heavy atom. The third-order valence-electron chi connectivity index (χ3n) is 2.88. The highest BCUT2D eigenvalue weighted by atomic mass is 35.5. The highest BCUT2D eigenvalue weighted by Gasteiger charge is 2.25. The number of halogens is 2. The molecule has 5 heteroatoms. The van der Waals surface area contributed by atoms with Crippen LogP contribution in [0.5, 0.6) is 5.75 Å². The number of anilines is 1. The summed E-state index contributed by atoms with van der Waals surface area (Å²) in [6.45, 7) is 1.95. The van der Waals surface area contributed by atoms with Gasteiger partial charge in [0.15, 0.2) is 5.75 Å². The van der Waals surface area contributed by atoms with E-state index in [0.29, 0.717) is 21.8 Å². The largest absolute Gasteiger partial charge is 0.493 e. The summed E-state index contributed by atoms with van der Waals surface area (Å²) in [6, 6.07) is 4.05. The first-order valence-electron chi connectivity index (χ1n) is 5.10. The second-order valence-corrected chi connectivity index (χ2v) is 4.71. The lowest BCUT2D eigenvalue weighted by Crippen LogP contribution is -2.56. The van der Waals surface area contributed by atoms with Gasteiger partial charge in [-0.15, -0.1) is 0 Å². The summed E-state index contributed by atoms with van der Waals surface area (Å²) in [4.78, 5) is 2.15. The average Bonchev–Trinajstić information content (AvgIpc) is 2.13. The van der Waals surface area contributed by atoms with Crippen molar-refractivity contribution in [2.24, 2.45) is 0 Å². The zero-order valence-electron chi connectivity index (χ0n) is 9.26. The minimum absolute atomic E-state index is 0.475. The number of likely N-dealkylation sites (N-methyl/N-ethyl adjacent to an activating group) is 1. The predicted molar refractivity (Wildman–Crippen MR) is 68.1 cm³/mol. The molecular formula is C11H14Cl2N2O. The van der Waals surface area contributed by atoms with Gasteiger partial charge in [0.05, 0.1) is 23.9 Å². The van der Waals surface area contributed by atoms with Crippen LogP contribution in [0.2, 0.25) is 10.0 Å². The van der Waals surface area contributed by atoms with E-state index in [1.165, 1.54) is 0 Å². The summed E-state index contributed by atoms with van der Waals surface area (Å²) in [7, 11) is 3.64. The van der Waals surface area contributed by atoms with Gasteiger partial charge in [-0.1, -0.05) is 23.2 Å². The van der Waals surface area contributed by atoms with Crippen LogP contribution in [0.15, 0.2) is 12.1 Å². The molecule has 1 aliphatic rings. The number of ether oxygens (including phenoxy) is 1. The summed E-state index contributed by atoms with van der Waals surface area (Å²) in [5.41, 5.74) is 0.937. The highest BCUT2D eigenvalue weighted by Crippen LogP contribution is 2.38. The van der Waals surface area contributed by atoms with Gasteiger partial charge in [-0.2, -0.15) is 0 Å². The van der Waals surface area contributed by atoms with E-state index in [0.717, 1.165) is 18.8 Å². The number of methoxy groups -OCH3 is 1. The molecule has 1 aromatic rings. The van der Waals surface area contributed by atoms with Crippen molar-refractivity contribution >= 4 is 28.9 Å². The van der Waals surface area contributed by atoms with Crippen molar-refractivity contribution in [2.75, 3.05) is 32.1 Å². The quantitative estimate of drug-likeness (QED) is 0.904. The number of benzene rings is 1. The van der Waals surface area contributed by atoms with Crippen LogP contribution < -0.4 is 15.0 Å². The van der Waals surface area contributed by atoms with Crippen LogP contribution in [0, 0.1) is 0 Å². The molecule has 0 bridgehead atoms. The third kappa shape index (κ3) is 2.08. The number of rotatable bonds is 3. The smallest absolute Gasteiger partial charge is 0.160 e. The van der Waals surface area contributed by atoms with E-state index < -0.39 is 0 Å². The predicted octanol–water partition coefficient (Wildman–Crippen LogP) is 2.41. The Hall–Kier alpha value is -0.640. The molecule has 88 valence electrons. The maximum absolute atomic E-state index is 6.09. The summed E-state index contributed by atoms with van der Waals surface area (Å²) < 4.78 is 5.32. The number of hydrogen-bond donors (Lipinski definition) is 1. The molecule has 0 atom stereocenters. The Morgan fingerprint density at radius 2 is 2.06 bits per heavy atom. The highest BCUT2D eigenvalue weighted by molar-refractivity contribution is 6.36. The zero-order valence-corrected chi connectivity index (χ0v) is 10.8. The van der Waals surface area contributed by atoms with Crippen molar-refractivity contribution in [3.8, 4) is 5.75 Å². The first-order chi connectivity index (χ1) is 7.63. The Morgan fingerprint density at radius 3 is 2.56 bits per heavy atom. The molecule has 2 rings (SSSR count). The zero-order chi connectivity index (χ0) is 11.7. The molecule has 1 saturated heterocycles. The molecule has 1 aromatic carbocycles. The molecule has 16 heavy (non-hydrogen) atoms. The van der Waals surface area contributed by atoms with Crippen LogP contribution in [-0.4, -0.2) is 33.3 Å². The fourth-order valence-corrected chi connectivity index (χ4v) is 2.31. The summed E-state index contributed by atoms with van der Waals surface area (Å²) >= 11 is 12.1. The molecule has 0 aromatic heterocycles. The minimum atomic E-state index is 0.475. The van der Waals surface area contributed by atoms with E-state index in [-0.39, 0.29) is 0 Å². The molecule has 1 N–H and O–H groups in total.